The van der Waals surface area contributed by atoms with Gasteiger partial charge in [-0.05, 0) is 72.9 Å². The molecule has 0 aliphatic rings. The van der Waals surface area contributed by atoms with Crippen molar-refractivity contribution >= 4 is 16.8 Å². The van der Waals surface area contributed by atoms with Crippen molar-refractivity contribution in [3.8, 4) is 11.4 Å². The third-order valence-corrected chi connectivity index (χ3v) is 6.18. The molecule has 0 saturated carbocycles. The third-order valence-electron chi connectivity index (χ3n) is 6.18. The second-order valence-corrected chi connectivity index (χ2v) is 10.2. The molecule has 3 aromatic carbocycles. The van der Waals surface area contributed by atoms with E-state index in [1.807, 2.05) is 25.1 Å². The van der Waals surface area contributed by atoms with Crippen LogP contribution in [0.4, 0.5) is 4.39 Å². The smallest absolute Gasteiger partial charge is 0.246 e. The van der Waals surface area contributed by atoms with Crippen LogP contribution in [-0.2, 0) is 10.2 Å². The van der Waals surface area contributed by atoms with Crippen molar-refractivity contribution < 1.29 is 13.9 Å². The number of nitrogens with zero attached hydrogens (tertiary/aromatic N) is 2. The van der Waals surface area contributed by atoms with Crippen molar-refractivity contribution in [2.24, 2.45) is 0 Å². The first-order valence-corrected chi connectivity index (χ1v) is 12.0. The summed E-state index contributed by atoms with van der Waals surface area (Å²) in [7, 11) is 0. The second kappa shape index (κ2) is 9.97. The van der Waals surface area contributed by atoms with Gasteiger partial charge < -0.3 is 10.1 Å². The van der Waals surface area contributed by atoms with Gasteiger partial charge in [0.2, 0.25) is 5.91 Å². The molecule has 4 aromatic rings. The van der Waals surface area contributed by atoms with Gasteiger partial charge in [0, 0.05) is 11.0 Å². The van der Waals surface area contributed by atoms with Gasteiger partial charge in [-0.1, -0.05) is 51.6 Å². The largest absolute Gasteiger partial charge is 0.484 e. The van der Waals surface area contributed by atoms with Gasteiger partial charge in [-0.3, -0.25) is 4.79 Å². The predicted molar refractivity (Wildman–Crippen MR) is 142 cm³/mol. The first kappa shape index (κ1) is 25.2. The Morgan fingerprint density at radius 1 is 1.06 bits per heavy atom. The molecular formula is C30H32FN3O2. The molecule has 0 bridgehead atoms. The van der Waals surface area contributed by atoms with Gasteiger partial charge in [0.15, 0.2) is 0 Å². The Kier molecular flexibility index (Phi) is 6.97. The maximum Gasteiger partial charge on any atom is 0.246 e. The highest BCUT2D eigenvalue weighted by atomic mass is 19.1. The highest BCUT2D eigenvalue weighted by Gasteiger charge is 2.24. The fraction of sp³-hybridized carbons (Fsp3) is 0.267. The Balaban J connectivity index is 1.65. The predicted octanol–water partition coefficient (Wildman–Crippen LogP) is 6.66. The van der Waals surface area contributed by atoms with Crippen LogP contribution in [0.5, 0.6) is 5.75 Å². The third kappa shape index (κ3) is 5.48. The molecule has 6 heteroatoms. The van der Waals surface area contributed by atoms with Crippen molar-refractivity contribution in [2.75, 3.05) is 0 Å². The Morgan fingerprint density at radius 2 is 1.72 bits per heavy atom. The summed E-state index contributed by atoms with van der Waals surface area (Å²) < 4.78 is 21.6. The topological polar surface area (TPSA) is 56.1 Å². The first-order valence-electron chi connectivity index (χ1n) is 12.0. The number of amides is 1. The van der Waals surface area contributed by atoms with Crippen LogP contribution in [0, 0.1) is 5.82 Å². The molecule has 1 N–H and O–H groups in total. The minimum absolute atomic E-state index is 0.0321. The number of hydrogen-bond donors (Lipinski definition) is 1. The molecule has 1 heterocycles. The Morgan fingerprint density at radius 3 is 2.33 bits per heavy atom. The summed E-state index contributed by atoms with van der Waals surface area (Å²) in [5.74, 6) is 0.154. The summed E-state index contributed by atoms with van der Waals surface area (Å²) in [4.78, 5) is 12.4. The molecule has 186 valence electrons. The fourth-order valence-electron chi connectivity index (χ4n) is 4.06. The van der Waals surface area contributed by atoms with E-state index in [1.165, 1.54) is 17.7 Å². The van der Waals surface area contributed by atoms with Crippen molar-refractivity contribution in [3.05, 3.63) is 102 Å². The maximum atomic E-state index is 13.3. The summed E-state index contributed by atoms with van der Waals surface area (Å²) >= 11 is 0. The average molecular weight is 486 g/mol. The number of hydrogen-bond acceptors (Lipinski definition) is 3. The molecule has 0 fully saturated rings. The number of aromatic nitrogens is 2. The monoisotopic (exact) mass is 485 g/mol. The number of carbonyl (C=O) groups excluding carboxylic acids is 1. The van der Waals surface area contributed by atoms with Crippen LogP contribution in [0.2, 0.25) is 0 Å². The summed E-state index contributed by atoms with van der Waals surface area (Å²) in [6.07, 6.45) is 1.33. The van der Waals surface area contributed by atoms with Crippen molar-refractivity contribution in [1.82, 2.24) is 15.1 Å². The Bertz CT molecular complexity index is 1380. The van der Waals surface area contributed by atoms with Gasteiger partial charge >= 0.3 is 0 Å². The lowest BCUT2D eigenvalue weighted by Crippen LogP contribution is -2.39. The lowest BCUT2D eigenvalue weighted by Gasteiger charge is -2.27. The van der Waals surface area contributed by atoms with Crippen molar-refractivity contribution in [2.45, 2.75) is 52.2 Å². The number of nitrogens with one attached hydrogen (secondary N) is 1. The first-order chi connectivity index (χ1) is 17.0. The fourth-order valence-corrected chi connectivity index (χ4v) is 4.06. The number of rotatable bonds is 7. The van der Waals surface area contributed by atoms with Gasteiger partial charge in [0.05, 0.1) is 23.4 Å². The standard InChI is InChI=1S/C30H32FN3O2/c1-19(2)29(35)33-20(3)28(21-7-9-23(10-8-21)30(4,5)6)36-26-15-16-27-22(17-26)18-32-34(27)25-13-11-24(31)12-14-25/h7-18,20,28H,1H2,2-6H3,(H,33,35)/t20-,28-/m0/s1. The lowest BCUT2D eigenvalue weighted by atomic mass is 9.86. The summed E-state index contributed by atoms with van der Waals surface area (Å²) in [5.41, 5.74) is 4.30. The molecule has 36 heavy (non-hydrogen) atoms. The van der Waals surface area contributed by atoms with Crippen LogP contribution in [0.25, 0.3) is 16.6 Å². The minimum atomic E-state index is -0.424. The van der Waals surface area contributed by atoms with Crippen LogP contribution < -0.4 is 10.1 Å². The highest BCUT2D eigenvalue weighted by molar-refractivity contribution is 5.92. The van der Waals surface area contributed by atoms with Crippen molar-refractivity contribution in [3.63, 3.8) is 0 Å². The number of fused-ring (bicyclic) bond motifs is 1. The zero-order chi connectivity index (χ0) is 26.0. The lowest BCUT2D eigenvalue weighted by molar-refractivity contribution is -0.118. The number of benzene rings is 3. The summed E-state index contributed by atoms with van der Waals surface area (Å²) in [5, 5.41) is 8.36. The van der Waals surface area contributed by atoms with E-state index >= 15 is 0 Å². The summed E-state index contributed by atoms with van der Waals surface area (Å²) in [6, 6.07) is 20.0. The molecule has 0 spiro atoms. The van der Waals surface area contributed by atoms with Crippen LogP contribution in [0.1, 0.15) is 51.8 Å². The van der Waals surface area contributed by atoms with E-state index in [0.29, 0.717) is 11.3 Å². The van der Waals surface area contributed by atoms with Crippen molar-refractivity contribution in [1.29, 1.82) is 0 Å². The molecule has 2 atom stereocenters. The van der Waals surface area contributed by atoms with Crippen LogP contribution in [-0.4, -0.2) is 21.7 Å². The van der Waals surface area contributed by atoms with E-state index in [9.17, 15) is 9.18 Å². The van der Waals surface area contributed by atoms with E-state index in [0.717, 1.165) is 22.2 Å². The van der Waals surface area contributed by atoms with Crippen LogP contribution in [0.3, 0.4) is 0 Å². The van der Waals surface area contributed by atoms with Gasteiger partial charge in [-0.25, -0.2) is 9.07 Å². The summed E-state index contributed by atoms with van der Waals surface area (Å²) in [6.45, 7) is 13.9. The SMILES string of the molecule is C=C(C)C(=O)N[C@@H](C)[C@H](Oc1ccc2c(cnn2-c2ccc(F)cc2)c1)c1ccc(C(C)(C)C)cc1. The molecular weight excluding hydrogens is 453 g/mol. The van der Waals surface area contributed by atoms with Crippen LogP contribution >= 0.6 is 0 Å². The van der Waals surface area contributed by atoms with Gasteiger partial charge in [0.1, 0.15) is 17.7 Å². The van der Waals surface area contributed by atoms with Gasteiger partial charge in [-0.2, -0.15) is 5.10 Å². The molecule has 0 unspecified atom stereocenters. The molecule has 0 saturated heterocycles. The van der Waals surface area contributed by atoms with Crippen LogP contribution in [0.15, 0.2) is 85.1 Å². The number of carbonyl (C=O) groups is 1. The molecule has 1 aromatic heterocycles. The van der Waals surface area contributed by atoms with E-state index in [2.05, 4.69) is 62.0 Å². The van der Waals surface area contributed by atoms with Gasteiger partial charge in [0.25, 0.3) is 0 Å². The Labute approximate surface area is 211 Å². The van der Waals surface area contributed by atoms with E-state index in [4.69, 9.17) is 4.74 Å². The van der Waals surface area contributed by atoms with E-state index < -0.39 is 6.10 Å². The highest BCUT2D eigenvalue weighted by Crippen LogP contribution is 2.31. The maximum absolute atomic E-state index is 13.3. The van der Waals surface area contributed by atoms with Gasteiger partial charge in [-0.15, -0.1) is 0 Å². The number of ether oxygens (including phenoxy) is 1. The van der Waals surface area contributed by atoms with E-state index in [1.54, 1.807) is 29.9 Å². The Hall–Kier alpha value is -3.93. The molecule has 5 nitrogen and oxygen atoms in total. The average Bonchev–Trinajstić information content (AvgIpc) is 3.25. The zero-order valence-electron chi connectivity index (χ0n) is 21.4. The minimum Gasteiger partial charge on any atom is -0.484 e. The quantitative estimate of drug-likeness (QED) is 0.298. The molecule has 1 amide bonds. The normalized spacial score (nSPS) is 13.3. The molecule has 0 aliphatic carbocycles. The molecule has 0 aliphatic heterocycles. The van der Waals surface area contributed by atoms with E-state index in [-0.39, 0.29) is 23.2 Å². The zero-order valence-corrected chi connectivity index (χ0v) is 21.4. The number of halogens is 1. The second-order valence-electron chi connectivity index (χ2n) is 10.2. The molecule has 4 rings (SSSR count). The molecule has 0 radical (unpaired) electrons.